The first-order chi connectivity index (χ1) is 12.5. The topological polar surface area (TPSA) is 132 Å². The standard InChI is InChI=1S/C17H15N3O6S/c1-9-6-10(2)16(11(3)7-9)27(25,26)19-14-5-4-12(20(23)24)8-13(14)15(18-19)17(21)22/h4-8H,1-3H3,(H,21,22). The smallest absolute Gasteiger partial charge is 0.357 e. The first-order valence-corrected chi connectivity index (χ1v) is 9.22. The number of rotatable bonds is 4. The summed E-state index contributed by atoms with van der Waals surface area (Å²) in [4.78, 5) is 21.8. The molecule has 0 aliphatic rings. The predicted molar refractivity (Wildman–Crippen MR) is 96.6 cm³/mol. The van der Waals surface area contributed by atoms with Crippen molar-refractivity contribution in [2.24, 2.45) is 0 Å². The van der Waals surface area contributed by atoms with Crippen molar-refractivity contribution in [1.82, 2.24) is 9.19 Å². The summed E-state index contributed by atoms with van der Waals surface area (Å²) in [7, 11) is -4.22. The summed E-state index contributed by atoms with van der Waals surface area (Å²) in [5.74, 6) is -1.48. The fourth-order valence-electron chi connectivity index (χ4n) is 3.19. The van der Waals surface area contributed by atoms with Crippen LogP contribution in [0.1, 0.15) is 27.2 Å². The van der Waals surface area contributed by atoms with E-state index in [9.17, 15) is 28.4 Å². The zero-order valence-electron chi connectivity index (χ0n) is 14.6. The molecule has 0 spiro atoms. The molecule has 10 heteroatoms. The monoisotopic (exact) mass is 389 g/mol. The summed E-state index contributed by atoms with van der Waals surface area (Å²) >= 11 is 0. The van der Waals surface area contributed by atoms with E-state index in [-0.39, 0.29) is 21.5 Å². The SMILES string of the molecule is Cc1cc(C)c(S(=O)(=O)n2nc(C(=O)O)c3cc([N+](=O)[O-])ccc32)c(C)c1. The Kier molecular flexibility index (Phi) is 4.23. The second-order valence-corrected chi connectivity index (χ2v) is 7.89. The van der Waals surface area contributed by atoms with Gasteiger partial charge < -0.3 is 5.11 Å². The van der Waals surface area contributed by atoms with E-state index in [1.54, 1.807) is 26.0 Å². The molecule has 0 unspecified atom stereocenters. The van der Waals surface area contributed by atoms with Crippen molar-refractivity contribution in [1.29, 1.82) is 0 Å². The number of aryl methyl sites for hydroxylation is 3. The highest BCUT2D eigenvalue weighted by Gasteiger charge is 2.29. The van der Waals surface area contributed by atoms with Crippen LogP contribution in [0.5, 0.6) is 0 Å². The van der Waals surface area contributed by atoms with Crippen molar-refractivity contribution in [2.45, 2.75) is 25.7 Å². The Morgan fingerprint density at radius 1 is 1.15 bits per heavy atom. The number of aromatic carboxylic acids is 1. The number of hydrogen-bond acceptors (Lipinski definition) is 6. The number of fused-ring (bicyclic) bond motifs is 1. The van der Waals surface area contributed by atoms with Crippen LogP contribution in [0.25, 0.3) is 10.9 Å². The van der Waals surface area contributed by atoms with Crippen LogP contribution in [0.2, 0.25) is 0 Å². The fraction of sp³-hybridized carbons (Fsp3) is 0.176. The molecule has 0 atom stereocenters. The summed E-state index contributed by atoms with van der Waals surface area (Å²) in [5.41, 5.74) is 0.905. The maximum atomic E-state index is 13.2. The van der Waals surface area contributed by atoms with E-state index in [4.69, 9.17) is 0 Å². The summed E-state index contributed by atoms with van der Waals surface area (Å²) in [6, 6.07) is 6.70. The van der Waals surface area contributed by atoms with Gasteiger partial charge in [0.05, 0.1) is 15.3 Å². The third kappa shape index (κ3) is 2.93. The van der Waals surface area contributed by atoms with Crippen molar-refractivity contribution < 1.29 is 23.2 Å². The lowest BCUT2D eigenvalue weighted by atomic mass is 10.1. The van der Waals surface area contributed by atoms with Gasteiger partial charge in [0.25, 0.3) is 15.7 Å². The molecule has 0 saturated heterocycles. The van der Waals surface area contributed by atoms with E-state index in [2.05, 4.69) is 5.10 Å². The van der Waals surface area contributed by atoms with Gasteiger partial charge in [-0.15, -0.1) is 5.10 Å². The lowest BCUT2D eigenvalue weighted by Crippen LogP contribution is -2.18. The van der Waals surface area contributed by atoms with Gasteiger partial charge in [0, 0.05) is 17.5 Å². The summed E-state index contributed by atoms with van der Waals surface area (Å²) in [5, 5.41) is 24.0. The van der Waals surface area contributed by atoms with E-state index in [1.807, 2.05) is 6.92 Å². The molecule has 3 aromatic rings. The van der Waals surface area contributed by atoms with Crippen molar-refractivity contribution in [2.75, 3.05) is 0 Å². The molecule has 1 aromatic heterocycles. The molecule has 0 amide bonds. The van der Waals surface area contributed by atoms with Gasteiger partial charge in [-0.25, -0.2) is 4.79 Å². The lowest BCUT2D eigenvalue weighted by molar-refractivity contribution is -0.384. The Morgan fingerprint density at radius 2 is 1.74 bits per heavy atom. The number of benzene rings is 2. The highest BCUT2D eigenvalue weighted by Crippen LogP contribution is 2.30. The minimum atomic E-state index is -4.22. The van der Waals surface area contributed by atoms with Gasteiger partial charge in [0.2, 0.25) is 0 Å². The number of nitro groups is 1. The molecular formula is C17H15N3O6S. The molecule has 9 nitrogen and oxygen atoms in total. The van der Waals surface area contributed by atoms with Gasteiger partial charge in [-0.2, -0.15) is 12.5 Å². The second kappa shape index (κ2) is 6.16. The van der Waals surface area contributed by atoms with Crippen molar-refractivity contribution >= 4 is 32.6 Å². The number of nitro benzene ring substituents is 1. The van der Waals surface area contributed by atoms with Gasteiger partial charge in [-0.3, -0.25) is 10.1 Å². The summed E-state index contributed by atoms with van der Waals surface area (Å²) in [6.45, 7) is 5.12. The molecule has 0 saturated carbocycles. The van der Waals surface area contributed by atoms with Crippen LogP contribution in [0, 0.1) is 30.9 Å². The molecule has 0 bridgehead atoms. The molecule has 2 aromatic carbocycles. The van der Waals surface area contributed by atoms with Gasteiger partial charge in [-0.05, 0) is 38.0 Å². The van der Waals surface area contributed by atoms with E-state index in [1.165, 1.54) is 6.07 Å². The number of carboxylic acid groups (broad SMARTS) is 1. The predicted octanol–water partition coefficient (Wildman–Crippen LogP) is 2.80. The third-order valence-corrected chi connectivity index (χ3v) is 6.03. The van der Waals surface area contributed by atoms with Crippen molar-refractivity contribution in [3.63, 3.8) is 0 Å². The molecule has 1 heterocycles. The number of hydrogen-bond donors (Lipinski definition) is 1. The maximum Gasteiger partial charge on any atom is 0.357 e. The van der Waals surface area contributed by atoms with Gasteiger partial charge >= 0.3 is 5.97 Å². The Balaban J connectivity index is 2.38. The second-order valence-electron chi connectivity index (χ2n) is 6.19. The highest BCUT2D eigenvalue weighted by atomic mass is 32.2. The molecule has 3 rings (SSSR count). The van der Waals surface area contributed by atoms with Crippen molar-refractivity contribution in [3.05, 3.63) is 62.8 Å². The van der Waals surface area contributed by atoms with E-state index >= 15 is 0 Å². The van der Waals surface area contributed by atoms with Crippen LogP contribution >= 0.6 is 0 Å². The molecule has 0 aliphatic carbocycles. The van der Waals surface area contributed by atoms with Gasteiger partial charge in [-0.1, -0.05) is 17.7 Å². The van der Waals surface area contributed by atoms with Crippen LogP contribution < -0.4 is 0 Å². The molecule has 0 radical (unpaired) electrons. The quantitative estimate of drug-likeness (QED) is 0.536. The number of carboxylic acids is 1. The molecule has 140 valence electrons. The highest BCUT2D eigenvalue weighted by molar-refractivity contribution is 7.90. The average Bonchev–Trinajstić information content (AvgIpc) is 2.93. The molecule has 0 aliphatic heterocycles. The van der Waals surface area contributed by atoms with Crippen LogP contribution in [0.3, 0.4) is 0 Å². The summed E-state index contributed by atoms with van der Waals surface area (Å²) in [6.07, 6.45) is 0. The molecule has 1 N–H and O–H groups in total. The van der Waals surface area contributed by atoms with Crippen LogP contribution in [-0.2, 0) is 10.0 Å². The van der Waals surface area contributed by atoms with Crippen LogP contribution in [0.4, 0.5) is 5.69 Å². The first-order valence-electron chi connectivity index (χ1n) is 7.78. The van der Waals surface area contributed by atoms with E-state index in [0.29, 0.717) is 15.2 Å². The zero-order chi connectivity index (χ0) is 20.1. The summed E-state index contributed by atoms with van der Waals surface area (Å²) < 4.78 is 27.1. The van der Waals surface area contributed by atoms with Crippen molar-refractivity contribution in [3.8, 4) is 0 Å². The minimum absolute atomic E-state index is 0.0211. The number of aromatic nitrogens is 2. The van der Waals surface area contributed by atoms with Gasteiger partial charge in [0.15, 0.2) is 5.69 Å². The number of non-ortho nitro benzene ring substituents is 1. The average molecular weight is 389 g/mol. The molecule has 0 fully saturated rings. The molecule has 27 heavy (non-hydrogen) atoms. The first kappa shape index (κ1) is 18.5. The normalized spacial score (nSPS) is 11.7. The van der Waals surface area contributed by atoms with Crippen LogP contribution in [-0.4, -0.2) is 33.6 Å². The fourth-order valence-corrected chi connectivity index (χ4v) is 4.91. The maximum absolute atomic E-state index is 13.2. The van der Waals surface area contributed by atoms with E-state index < -0.39 is 26.6 Å². The Labute approximate surface area is 154 Å². The largest absolute Gasteiger partial charge is 0.476 e. The number of carbonyl (C=O) groups is 1. The number of nitrogens with zero attached hydrogens (tertiary/aromatic N) is 3. The minimum Gasteiger partial charge on any atom is -0.476 e. The van der Waals surface area contributed by atoms with E-state index in [0.717, 1.165) is 17.7 Å². The molecular weight excluding hydrogens is 374 g/mol. The Hall–Kier alpha value is -3.27. The zero-order valence-corrected chi connectivity index (χ0v) is 15.4. The Morgan fingerprint density at radius 3 is 2.26 bits per heavy atom. The lowest BCUT2D eigenvalue weighted by Gasteiger charge is -2.12. The van der Waals surface area contributed by atoms with Crippen LogP contribution in [0.15, 0.2) is 35.2 Å². The van der Waals surface area contributed by atoms with Gasteiger partial charge in [0.1, 0.15) is 0 Å². The third-order valence-electron chi connectivity index (χ3n) is 4.14. The Bertz CT molecular complexity index is 1200.